The van der Waals surface area contributed by atoms with Gasteiger partial charge in [-0.15, -0.1) is 0 Å². The van der Waals surface area contributed by atoms with E-state index < -0.39 is 0 Å². The van der Waals surface area contributed by atoms with E-state index >= 15 is 0 Å². The molecule has 0 saturated heterocycles. The maximum absolute atomic E-state index is 13.2. The fourth-order valence-corrected chi connectivity index (χ4v) is 3.87. The summed E-state index contributed by atoms with van der Waals surface area (Å²) in [6.45, 7) is 2.44. The zero-order valence-electron chi connectivity index (χ0n) is 18.0. The van der Waals surface area contributed by atoms with E-state index in [1.54, 1.807) is 18.5 Å². The first-order valence-corrected chi connectivity index (χ1v) is 10.7. The fraction of sp³-hybridized carbons (Fsp3) is 0.167. The van der Waals surface area contributed by atoms with Gasteiger partial charge in [-0.25, -0.2) is 15.0 Å². The van der Waals surface area contributed by atoms with Crippen molar-refractivity contribution < 1.29 is 5.11 Å². The third kappa shape index (κ3) is 4.01. The molecule has 166 valence electrons. The van der Waals surface area contributed by atoms with E-state index in [-0.39, 0.29) is 18.2 Å². The lowest BCUT2D eigenvalue weighted by molar-refractivity contribution is 0.311. The van der Waals surface area contributed by atoms with Crippen LogP contribution in [0.2, 0.25) is 0 Å². The Kier molecular flexibility index (Phi) is 5.45. The lowest BCUT2D eigenvalue weighted by Crippen LogP contribution is -2.17. The molecule has 5 N–H and O–H groups in total. The minimum atomic E-state index is -0.255. The summed E-state index contributed by atoms with van der Waals surface area (Å²) < 4.78 is 0. The smallest absolute Gasteiger partial charge is 0.261 e. The molecule has 1 atom stereocenters. The highest BCUT2D eigenvalue weighted by atomic mass is 16.3. The number of fused-ring (bicyclic) bond motifs is 2. The van der Waals surface area contributed by atoms with Crippen molar-refractivity contribution in [2.75, 3.05) is 23.8 Å². The molecular formula is C24H23N7O2. The van der Waals surface area contributed by atoms with Gasteiger partial charge in [-0.2, -0.15) is 0 Å². The van der Waals surface area contributed by atoms with E-state index in [1.165, 1.54) is 0 Å². The number of aliphatic hydroxyl groups is 1. The Morgan fingerprint density at radius 1 is 1.03 bits per heavy atom. The standard InChI is InChI=1S/C24H23N7O2/c1-14(22-26-9-4-10-27-22)28-21-16-5-2-3-6-17(16)31-24(33)20(21)23-29-18-8-7-15(25-11-12-32)13-19(18)30-23/h2-10,13-14,25,32H,11-12H2,1H3,(H,29,30)(H2,28,31,33)/t14-/m0/s1. The van der Waals surface area contributed by atoms with Crippen LogP contribution in [0.4, 0.5) is 11.4 Å². The Labute approximate surface area is 189 Å². The number of aliphatic hydroxyl groups excluding tert-OH is 1. The van der Waals surface area contributed by atoms with Crippen LogP contribution in [0, 0.1) is 0 Å². The van der Waals surface area contributed by atoms with Crippen molar-refractivity contribution in [3.63, 3.8) is 0 Å². The van der Waals surface area contributed by atoms with Crippen LogP contribution < -0.4 is 16.2 Å². The second-order valence-electron chi connectivity index (χ2n) is 7.69. The topological polar surface area (TPSA) is 132 Å². The van der Waals surface area contributed by atoms with Crippen molar-refractivity contribution in [3.8, 4) is 11.4 Å². The molecule has 0 spiro atoms. The van der Waals surface area contributed by atoms with Crippen LogP contribution in [-0.4, -0.2) is 43.2 Å². The van der Waals surface area contributed by atoms with Crippen LogP contribution in [-0.2, 0) is 0 Å². The van der Waals surface area contributed by atoms with Gasteiger partial charge in [0, 0.05) is 30.0 Å². The predicted molar refractivity (Wildman–Crippen MR) is 129 cm³/mol. The molecular weight excluding hydrogens is 418 g/mol. The van der Waals surface area contributed by atoms with Crippen LogP contribution in [0.25, 0.3) is 33.3 Å². The Morgan fingerprint density at radius 3 is 2.67 bits per heavy atom. The van der Waals surface area contributed by atoms with Crippen LogP contribution in [0.15, 0.2) is 65.7 Å². The Bertz CT molecular complexity index is 1480. The molecule has 0 aliphatic rings. The predicted octanol–water partition coefficient (Wildman–Crippen LogP) is 3.44. The monoisotopic (exact) mass is 441 g/mol. The van der Waals surface area contributed by atoms with E-state index in [1.807, 2.05) is 49.4 Å². The van der Waals surface area contributed by atoms with Crippen LogP contribution in [0.1, 0.15) is 18.8 Å². The zero-order chi connectivity index (χ0) is 22.8. The molecule has 3 heterocycles. The molecule has 0 radical (unpaired) electrons. The first-order valence-electron chi connectivity index (χ1n) is 10.7. The summed E-state index contributed by atoms with van der Waals surface area (Å²) >= 11 is 0. The summed E-state index contributed by atoms with van der Waals surface area (Å²) in [4.78, 5) is 32.9. The first-order chi connectivity index (χ1) is 16.1. The van der Waals surface area contributed by atoms with Gasteiger partial charge >= 0.3 is 0 Å². The number of para-hydroxylation sites is 1. The number of anilines is 2. The summed E-state index contributed by atoms with van der Waals surface area (Å²) in [6, 6.07) is 14.8. The number of aromatic nitrogens is 5. The highest BCUT2D eigenvalue weighted by molar-refractivity contribution is 5.99. The maximum atomic E-state index is 13.2. The Hall–Kier alpha value is -4.24. The molecule has 9 nitrogen and oxygen atoms in total. The van der Waals surface area contributed by atoms with Gasteiger partial charge in [0.2, 0.25) is 0 Å². The SMILES string of the molecule is C[C@H](Nc1c(-c2nc3ccc(NCCO)cc3[nH]2)c(=O)[nH]c2ccccc12)c1ncccn1. The van der Waals surface area contributed by atoms with Gasteiger partial charge in [-0.1, -0.05) is 18.2 Å². The van der Waals surface area contributed by atoms with Gasteiger partial charge < -0.3 is 25.7 Å². The third-order valence-corrected chi connectivity index (χ3v) is 5.42. The van der Waals surface area contributed by atoms with Gasteiger partial charge in [-0.05, 0) is 37.3 Å². The largest absolute Gasteiger partial charge is 0.395 e. The lowest BCUT2D eigenvalue weighted by Gasteiger charge is -2.18. The average Bonchev–Trinajstić information content (AvgIpc) is 3.26. The third-order valence-electron chi connectivity index (χ3n) is 5.42. The molecule has 5 rings (SSSR count). The first kappa shape index (κ1) is 20.7. The van der Waals surface area contributed by atoms with Crippen LogP contribution >= 0.6 is 0 Å². The minimum Gasteiger partial charge on any atom is -0.395 e. The minimum absolute atomic E-state index is 0.0388. The number of nitrogens with one attached hydrogen (secondary N) is 4. The van der Waals surface area contributed by atoms with Gasteiger partial charge in [0.25, 0.3) is 5.56 Å². The second kappa shape index (κ2) is 8.71. The Balaban J connectivity index is 1.65. The van der Waals surface area contributed by atoms with Crippen molar-refractivity contribution in [1.82, 2.24) is 24.9 Å². The summed E-state index contributed by atoms with van der Waals surface area (Å²) in [5, 5.41) is 16.5. The lowest BCUT2D eigenvalue weighted by atomic mass is 10.1. The molecule has 5 aromatic rings. The molecule has 0 saturated carbocycles. The molecule has 0 unspecified atom stereocenters. The van der Waals surface area contributed by atoms with Crippen molar-refractivity contribution in [2.45, 2.75) is 13.0 Å². The number of H-pyrrole nitrogens is 2. The number of pyridine rings is 1. The number of rotatable bonds is 7. The quantitative estimate of drug-likeness (QED) is 0.261. The van der Waals surface area contributed by atoms with E-state index in [0.29, 0.717) is 29.4 Å². The molecule has 3 aromatic heterocycles. The van der Waals surface area contributed by atoms with Gasteiger partial charge in [0.15, 0.2) is 0 Å². The molecule has 33 heavy (non-hydrogen) atoms. The zero-order valence-corrected chi connectivity index (χ0v) is 18.0. The summed E-state index contributed by atoms with van der Waals surface area (Å²) in [5.41, 5.74) is 3.91. The number of imidazole rings is 1. The number of nitrogens with zero attached hydrogens (tertiary/aromatic N) is 3. The number of aromatic amines is 2. The van der Waals surface area contributed by atoms with Crippen LogP contribution in [0.5, 0.6) is 0 Å². The van der Waals surface area contributed by atoms with Crippen molar-refractivity contribution >= 4 is 33.3 Å². The van der Waals surface area contributed by atoms with E-state index in [4.69, 9.17) is 5.11 Å². The number of benzene rings is 2. The summed E-state index contributed by atoms with van der Waals surface area (Å²) in [5.74, 6) is 1.08. The van der Waals surface area contributed by atoms with Crippen LogP contribution in [0.3, 0.4) is 0 Å². The van der Waals surface area contributed by atoms with E-state index in [0.717, 1.165) is 27.6 Å². The normalized spacial score (nSPS) is 12.2. The maximum Gasteiger partial charge on any atom is 0.261 e. The van der Waals surface area contributed by atoms with Crippen molar-refractivity contribution in [3.05, 3.63) is 77.1 Å². The highest BCUT2D eigenvalue weighted by Crippen LogP contribution is 2.33. The molecule has 2 aromatic carbocycles. The average molecular weight is 441 g/mol. The number of hydrogen-bond acceptors (Lipinski definition) is 7. The summed E-state index contributed by atoms with van der Waals surface area (Å²) in [6.07, 6.45) is 3.39. The number of hydrogen-bond donors (Lipinski definition) is 5. The van der Waals surface area contributed by atoms with Gasteiger partial charge in [-0.3, -0.25) is 4.79 Å². The van der Waals surface area contributed by atoms with E-state index in [9.17, 15) is 4.79 Å². The molecule has 0 bridgehead atoms. The second-order valence-corrected chi connectivity index (χ2v) is 7.69. The molecule has 0 fully saturated rings. The Morgan fingerprint density at radius 2 is 1.85 bits per heavy atom. The van der Waals surface area contributed by atoms with Gasteiger partial charge in [0.05, 0.1) is 34.9 Å². The fourth-order valence-electron chi connectivity index (χ4n) is 3.87. The highest BCUT2D eigenvalue weighted by Gasteiger charge is 2.20. The van der Waals surface area contributed by atoms with E-state index in [2.05, 4.69) is 35.6 Å². The molecule has 0 aliphatic carbocycles. The molecule has 0 amide bonds. The molecule has 0 aliphatic heterocycles. The van der Waals surface area contributed by atoms with Crippen molar-refractivity contribution in [1.29, 1.82) is 0 Å². The van der Waals surface area contributed by atoms with Gasteiger partial charge in [0.1, 0.15) is 17.2 Å². The summed E-state index contributed by atoms with van der Waals surface area (Å²) in [7, 11) is 0. The molecule has 9 heteroatoms. The van der Waals surface area contributed by atoms with Crippen molar-refractivity contribution in [2.24, 2.45) is 0 Å².